The van der Waals surface area contributed by atoms with Crippen molar-refractivity contribution in [1.29, 1.82) is 0 Å². The largest absolute Gasteiger partial charge is 0.499 e. The molecule has 2 rings (SSSR count). The highest BCUT2D eigenvalue weighted by atomic mass is 16.5. The number of hydrogen-bond donors (Lipinski definition) is 0. The van der Waals surface area contributed by atoms with Crippen molar-refractivity contribution in [3.05, 3.63) is 48.2 Å². The van der Waals surface area contributed by atoms with Crippen LogP contribution in [0.15, 0.2) is 42.7 Å². The van der Waals surface area contributed by atoms with Gasteiger partial charge in [-0.25, -0.2) is 0 Å². The van der Waals surface area contributed by atoms with Gasteiger partial charge in [0.05, 0.1) is 7.11 Å². The fourth-order valence-electron chi connectivity index (χ4n) is 3.57. The number of rotatable bonds is 13. The topological polar surface area (TPSA) is 55.8 Å². The predicted molar refractivity (Wildman–Crippen MR) is 133 cm³/mol. The molecule has 0 aliphatic carbocycles. The molecule has 0 saturated carbocycles. The number of methoxy groups -OCH3 is 1. The Labute approximate surface area is 196 Å². The van der Waals surface area contributed by atoms with Crippen molar-refractivity contribution in [2.24, 2.45) is 0 Å². The number of Topliss-reactive ketones (excluding diaryl/α,β-unsaturated/α-hetero) is 1. The summed E-state index contributed by atoms with van der Waals surface area (Å²) in [5.74, 6) is 1.09. The van der Waals surface area contributed by atoms with Gasteiger partial charge in [-0.3, -0.25) is 9.59 Å². The van der Waals surface area contributed by atoms with Crippen molar-refractivity contribution in [1.82, 2.24) is 4.90 Å². The minimum absolute atomic E-state index is 0.190. The van der Waals surface area contributed by atoms with E-state index < -0.39 is 0 Å². The highest BCUT2D eigenvalue weighted by Gasteiger charge is 2.27. The van der Waals surface area contributed by atoms with Crippen LogP contribution in [0.3, 0.4) is 0 Å². The van der Waals surface area contributed by atoms with Crippen LogP contribution in [0.2, 0.25) is 0 Å². The van der Waals surface area contributed by atoms with Crippen molar-refractivity contribution in [2.75, 3.05) is 26.9 Å². The van der Waals surface area contributed by atoms with Crippen molar-refractivity contribution in [3.63, 3.8) is 0 Å². The lowest BCUT2D eigenvalue weighted by molar-refractivity contribution is -0.137. The SMILES string of the molecule is C=C(COCCCCN1C(=O)CCCC1CCC(=O)Cc1ccccc1)OC.CC.CC. The number of ether oxygens (including phenoxy) is 2. The fourth-order valence-corrected chi connectivity index (χ4v) is 3.57. The van der Waals surface area contributed by atoms with E-state index in [1.165, 1.54) is 0 Å². The van der Waals surface area contributed by atoms with Crippen LogP contribution in [0, 0.1) is 0 Å². The zero-order valence-corrected chi connectivity index (χ0v) is 21.0. The van der Waals surface area contributed by atoms with Gasteiger partial charge in [0.1, 0.15) is 18.1 Å². The third-order valence-corrected chi connectivity index (χ3v) is 5.18. The first-order chi connectivity index (χ1) is 15.6. The van der Waals surface area contributed by atoms with E-state index in [0.29, 0.717) is 38.2 Å². The van der Waals surface area contributed by atoms with Crippen molar-refractivity contribution in [2.45, 2.75) is 85.1 Å². The zero-order valence-electron chi connectivity index (χ0n) is 21.0. The third kappa shape index (κ3) is 12.7. The van der Waals surface area contributed by atoms with Crippen LogP contribution in [0.1, 0.15) is 78.2 Å². The Hall–Kier alpha value is -2.14. The molecule has 1 aromatic carbocycles. The van der Waals surface area contributed by atoms with Crippen molar-refractivity contribution >= 4 is 11.7 Å². The molecule has 1 heterocycles. The maximum Gasteiger partial charge on any atom is 0.222 e. The van der Waals surface area contributed by atoms with E-state index in [1.54, 1.807) is 7.11 Å². The van der Waals surface area contributed by atoms with Crippen LogP contribution in [0.5, 0.6) is 0 Å². The summed E-state index contributed by atoms with van der Waals surface area (Å²) in [5, 5.41) is 0. The first kappa shape index (κ1) is 29.9. The second-order valence-electron chi connectivity index (χ2n) is 7.38. The van der Waals surface area contributed by atoms with Crippen LogP contribution in [-0.2, 0) is 25.5 Å². The minimum Gasteiger partial charge on any atom is -0.499 e. The van der Waals surface area contributed by atoms with Gasteiger partial charge < -0.3 is 14.4 Å². The summed E-state index contributed by atoms with van der Waals surface area (Å²) in [4.78, 5) is 26.7. The first-order valence-electron chi connectivity index (χ1n) is 12.2. The number of likely N-dealkylation sites (tertiary alicyclic amines) is 1. The lowest BCUT2D eigenvalue weighted by atomic mass is 9.95. The average Bonchev–Trinajstić information content (AvgIpc) is 2.84. The molecule has 1 atom stereocenters. The van der Waals surface area contributed by atoms with Crippen LogP contribution >= 0.6 is 0 Å². The molecule has 0 radical (unpaired) electrons. The van der Waals surface area contributed by atoms with Crippen LogP contribution in [0.25, 0.3) is 0 Å². The van der Waals surface area contributed by atoms with Gasteiger partial charge in [-0.05, 0) is 37.7 Å². The van der Waals surface area contributed by atoms with E-state index in [9.17, 15) is 9.59 Å². The number of piperidine rings is 1. The van der Waals surface area contributed by atoms with Gasteiger partial charge in [0.25, 0.3) is 0 Å². The fraction of sp³-hybridized carbons (Fsp3) is 0.630. The summed E-state index contributed by atoms with van der Waals surface area (Å²) in [7, 11) is 1.58. The molecular formula is C27H45NO4. The van der Waals surface area contributed by atoms with Crippen LogP contribution in [-0.4, -0.2) is 49.5 Å². The Morgan fingerprint density at radius 3 is 2.47 bits per heavy atom. The summed E-state index contributed by atoms with van der Waals surface area (Å²) in [6.07, 6.45) is 6.11. The Balaban J connectivity index is 0.00000227. The van der Waals surface area contributed by atoms with E-state index in [0.717, 1.165) is 44.2 Å². The molecule has 0 N–H and O–H groups in total. The van der Waals surface area contributed by atoms with Crippen LogP contribution < -0.4 is 0 Å². The van der Waals surface area contributed by atoms with E-state index in [2.05, 4.69) is 6.58 Å². The molecule has 1 aromatic rings. The first-order valence-corrected chi connectivity index (χ1v) is 12.2. The highest BCUT2D eigenvalue weighted by molar-refractivity contribution is 5.81. The Kier molecular flexibility index (Phi) is 18.2. The quantitative estimate of drug-likeness (QED) is 0.276. The van der Waals surface area contributed by atoms with Gasteiger partial charge >= 0.3 is 0 Å². The van der Waals surface area contributed by atoms with Gasteiger partial charge in [-0.2, -0.15) is 0 Å². The molecule has 1 saturated heterocycles. The lowest BCUT2D eigenvalue weighted by Gasteiger charge is -2.36. The van der Waals surface area contributed by atoms with Crippen molar-refractivity contribution < 1.29 is 19.1 Å². The number of amides is 1. The summed E-state index contributed by atoms with van der Waals surface area (Å²) in [5.41, 5.74) is 1.06. The molecular weight excluding hydrogens is 402 g/mol. The Morgan fingerprint density at radius 1 is 1.12 bits per heavy atom. The smallest absolute Gasteiger partial charge is 0.222 e. The van der Waals surface area contributed by atoms with E-state index in [1.807, 2.05) is 62.9 Å². The third-order valence-electron chi connectivity index (χ3n) is 5.18. The number of benzene rings is 1. The van der Waals surface area contributed by atoms with E-state index in [-0.39, 0.29) is 17.7 Å². The number of nitrogens with zero attached hydrogens (tertiary/aromatic N) is 1. The molecule has 1 aliphatic heterocycles. The van der Waals surface area contributed by atoms with Gasteiger partial charge in [0, 0.05) is 38.5 Å². The number of hydrogen-bond acceptors (Lipinski definition) is 4. The monoisotopic (exact) mass is 447 g/mol. The Bertz CT molecular complexity index is 630. The summed E-state index contributed by atoms with van der Waals surface area (Å²) in [6.45, 7) is 13.5. The molecule has 5 nitrogen and oxygen atoms in total. The number of unbranched alkanes of at least 4 members (excludes halogenated alkanes) is 1. The molecule has 0 spiro atoms. The van der Waals surface area contributed by atoms with Crippen molar-refractivity contribution in [3.8, 4) is 0 Å². The molecule has 1 unspecified atom stereocenters. The molecule has 0 bridgehead atoms. The maximum atomic E-state index is 12.4. The number of ketones is 1. The second-order valence-corrected chi connectivity index (χ2v) is 7.38. The van der Waals surface area contributed by atoms with Gasteiger partial charge in [-0.1, -0.05) is 64.6 Å². The molecule has 5 heteroatoms. The molecule has 1 aliphatic rings. The Morgan fingerprint density at radius 2 is 1.81 bits per heavy atom. The summed E-state index contributed by atoms with van der Waals surface area (Å²) < 4.78 is 10.5. The molecule has 32 heavy (non-hydrogen) atoms. The van der Waals surface area contributed by atoms with Gasteiger partial charge in [-0.15, -0.1) is 0 Å². The lowest BCUT2D eigenvalue weighted by Crippen LogP contribution is -2.44. The minimum atomic E-state index is 0.190. The zero-order chi connectivity index (χ0) is 24.2. The standard InChI is InChI=1S/C23H33NO4.2C2H6/c1-19(27-2)18-28-16-7-6-15-24-21(11-8-12-23(24)26)13-14-22(25)17-20-9-4-3-5-10-20;2*1-2/h3-5,9-10,21H,1,6-8,11-18H2,2H3;2*1-2H3. The highest BCUT2D eigenvalue weighted by Crippen LogP contribution is 2.23. The normalized spacial score (nSPS) is 15.1. The molecule has 1 fully saturated rings. The summed E-state index contributed by atoms with van der Waals surface area (Å²) >= 11 is 0. The number of carbonyl (C=O) groups is 2. The molecule has 1 amide bonds. The van der Waals surface area contributed by atoms with E-state index in [4.69, 9.17) is 9.47 Å². The average molecular weight is 448 g/mol. The summed E-state index contributed by atoms with van der Waals surface area (Å²) in [6, 6.07) is 10.0. The maximum absolute atomic E-state index is 12.4. The number of carbonyl (C=O) groups excluding carboxylic acids is 2. The van der Waals surface area contributed by atoms with Gasteiger partial charge in [0.2, 0.25) is 5.91 Å². The van der Waals surface area contributed by atoms with Gasteiger partial charge in [0.15, 0.2) is 0 Å². The van der Waals surface area contributed by atoms with Crippen LogP contribution in [0.4, 0.5) is 0 Å². The predicted octanol–water partition coefficient (Wildman–Crippen LogP) is 5.97. The second kappa shape index (κ2) is 19.5. The molecule has 182 valence electrons. The molecule has 0 aromatic heterocycles. The van der Waals surface area contributed by atoms with E-state index >= 15 is 0 Å².